The Hall–Kier alpha value is -2.09. The quantitative estimate of drug-likeness (QED) is 0.797. The molecule has 0 atom stereocenters. The minimum atomic E-state index is 0.493. The highest BCUT2D eigenvalue weighted by Crippen LogP contribution is 2.33. The first-order chi connectivity index (χ1) is 13.7. The molecule has 0 bridgehead atoms. The molecule has 3 heterocycles. The van der Waals surface area contributed by atoms with Gasteiger partial charge in [0.2, 0.25) is 5.95 Å². The maximum atomic E-state index is 5.85. The largest absolute Gasteiger partial charge is 0.494 e. The molecular formula is C20H27ClN6O. The molecule has 0 saturated carbocycles. The lowest BCUT2D eigenvalue weighted by Crippen LogP contribution is -2.52. The molecule has 2 aliphatic heterocycles. The highest BCUT2D eigenvalue weighted by Gasteiger charge is 2.26. The molecule has 0 amide bonds. The third-order valence-corrected chi connectivity index (χ3v) is 5.74. The Morgan fingerprint density at radius 2 is 1.82 bits per heavy atom. The van der Waals surface area contributed by atoms with Crippen molar-refractivity contribution >= 4 is 28.9 Å². The predicted molar refractivity (Wildman–Crippen MR) is 113 cm³/mol. The minimum Gasteiger partial charge on any atom is -0.494 e. The predicted octanol–water partition coefficient (Wildman–Crippen LogP) is 2.76. The second-order valence-corrected chi connectivity index (χ2v) is 7.68. The molecule has 4 rings (SSSR count). The zero-order valence-electron chi connectivity index (χ0n) is 16.2. The molecule has 0 unspecified atom stereocenters. The summed E-state index contributed by atoms with van der Waals surface area (Å²) >= 11 is 5.85. The molecule has 1 aromatic carbocycles. The molecule has 2 aromatic rings. The van der Waals surface area contributed by atoms with Crippen LogP contribution in [0.3, 0.4) is 0 Å². The van der Waals surface area contributed by atoms with Crippen molar-refractivity contribution in [3.63, 3.8) is 0 Å². The van der Waals surface area contributed by atoms with Crippen LogP contribution in [0.15, 0.2) is 30.6 Å². The van der Waals surface area contributed by atoms with Gasteiger partial charge in [0.25, 0.3) is 0 Å². The average Bonchev–Trinajstić information content (AvgIpc) is 2.76. The SMILES string of the molecule is COc1cc(N2CCC(N3CCNCC3)CC2)ccc1Nc1ncc(Cl)cn1. The zero-order chi connectivity index (χ0) is 19.3. The van der Waals surface area contributed by atoms with E-state index in [0.29, 0.717) is 17.0 Å². The van der Waals surface area contributed by atoms with Gasteiger partial charge in [-0.2, -0.15) is 0 Å². The molecule has 2 fully saturated rings. The summed E-state index contributed by atoms with van der Waals surface area (Å²) in [6, 6.07) is 6.95. The topological polar surface area (TPSA) is 65.6 Å². The van der Waals surface area contributed by atoms with Crippen LogP contribution in [-0.2, 0) is 0 Å². The normalized spacial score (nSPS) is 18.9. The summed E-state index contributed by atoms with van der Waals surface area (Å²) in [5.74, 6) is 1.27. The van der Waals surface area contributed by atoms with Crippen LogP contribution < -0.4 is 20.3 Å². The highest BCUT2D eigenvalue weighted by atomic mass is 35.5. The Labute approximate surface area is 171 Å². The summed E-state index contributed by atoms with van der Waals surface area (Å²) in [4.78, 5) is 13.5. The van der Waals surface area contributed by atoms with E-state index in [0.717, 1.165) is 37.6 Å². The van der Waals surface area contributed by atoms with Crippen LogP contribution in [0.4, 0.5) is 17.3 Å². The highest BCUT2D eigenvalue weighted by molar-refractivity contribution is 6.30. The summed E-state index contributed by atoms with van der Waals surface area (Å²) < 4.78 is 5.60. The van der Waals surface area contributed by atoms with E-state index in [1.165, 1.54) is 31.6 Å². The number of benzene rings is 1. The Bertz CT molecular complexity index is 773. The number of halogens is 1. The Kier molecular flexibility index (Phi) is 6.14. The summed E-state index contributed by atoms with van der Waals surface area (Å²) in [6.07, 6.45) is 5.56. The van der Waals surface area contributed by atoms with Crippen molar-refractivity contribution < 1.29 is 4.74 Å². The Morgan fingerprint density at radius 1 is 1.11 bits per heavy atom. The molecular weight excluding hydrogens is 376 g/mol. The second-order valence-electron chi connectivity index (χ2n) is 7.24. The molecule has 28 heavy (non-hydrogen) atoms. The summed E-state index contributed by atoms with van der Waals surface area (Å²) in [5.41, 5.74) is 2.03. The van der Waals surface area contributed by atoms with Gasteiger partial charge in [-0.1, -0.05) is 11.6 Å². The summed E-state index contributed by atoms with van der Waals surface area (Å²) in [7, 11) is 1.68. The van der Waals surface area contributed by atoms with Gasteiger partial charge < -0.3 is 20.3 Å². The van der Waals surface area contributed by atoms with Crippen molar-refractivity contribution in [2.45, 2.75) is 18.9 Å². The van der Waals surface area contributed by atoms with Crippen LogP contribution in [-0.4, -0.2) is 67.3 Å². The zero-order valence-corrected chi connectivity index (χ0v) is 17.0. The maximum absolute atomic E-state index is 5.85. The number of nitrogens with zero attached hydrogens (tertiary/aromatic N) is 4. The molecule has 2 saturated heterocycles. The molecule has 8 heteroatoms. The first-order valence-electron chi connectivity index (χ1n) is 9.85. The number of aromatic nitrogens is 2. The van der Waals surface area contributed by atoms with Crippen molar-refractivity contribution in [3.05, 3.63) is 35.6 Å². The Balaban J connectivity index is 1.40. The van der Waals surface area contributed by atoms with E-state index in [1.807, 2.05) is 6.07 Å². The standard InChI is InChI=1S/C20H27ClN6O/c1-28-19-12-17(2-3-18(19)25-20-23-13-15(21)14-24-20)26-8-4-16(5-9-26)27-10-6-22-7-11-27/h2-3,12-14,16,22H,4-11H2,1H3,(H,23,24,25). The lowest BCUT2D eigenvalue weighted by molar-refractivity contribution is 0.150. The van der Waals surface area contributed by atoms with Crippen LogP contribution in [0.1, 0.15) is 12.8 Å². The maximum Gasteiger partial charge on any atom is 0.227 e. The second kappa shape index (κ2) is 8.94. The molecule has 1 aromatic heterocycles. The average molecular weight is 403 g/mol. The lowest BCUT2D eigenvalue weighted by Gasteiger charge is -2.41. The van der Waals surface area contributed by atoms with Gasteiger partial charge in [-0.25, -0.2) is 9.97 Å². The number of piperazine rings is 1. The first-order valence-corrected chi connectivity index (χ1v) is 10.2. The van der Waals surface area contributed by atoms with Crippen molar-refractivity contribution in [1.29, 1.82) is 0 Å². The fourth-order valence-corrected chi connectivity index (χ4v) is 4.11. The van der Waals surface area contributed by atoms with Gasteiger partial charge in [-0.15, -0.1) is 0 Å². The smallest absolute Gasteiger partial charge is 0.227 e. The summed E-state index contributed by atoms with van der Waals surface area (Å²) in [5, 5.41) is 7.14. The van der Waals surface area contributed by atoms with Crippen molar-refractivity contribution in [2.75, 3.05) is 56.6 Å². The first kappa shape index (κ1) is 19.2. The number of piperidine rings is 1. The number of nitrogens with one attached hydrogen (secondary N) is 2. The molecule has 0 aliphatic carbocycles. The van der Waals surface area contributed by atoms with Gasteiger partial charge in [0, 0.05) is 57.1 Å². The van der Waals surface area contributed by atoms with E-state index in [2.05, 4.69) is 42.5 Å². The number of hydrogen-bond acceptors (Lipinski definition) is 7. The molecule has 150 valence electrons. The minimum absolute atomic E-state index is 0.493. The van der Waals surface area contributed by atoms with E-state index in [-0.39, 0.29) is 0 Å². The van der Waals surface area contributed by atoms with Crippen LogP contribution in [0.2, 0.25) is 5.02 Å². The van der Waals surface area contributed by atoms with E-state index < -0.39 is 0 Å². The lowest BCUT2D eigenvalue weighted by atomic mass is 10.0. The van der Waals surface area contributed by atoms with Gasteiger partial charge >= 0.3 is 0 Å². The number of methoxy groups -OCH3 is 1. The van der Waals surface area contributed by atoms with Crippen molar-refractivity contribution in [1.82, 2.24) is 20.2 Å². The third kappa shape index (κ3) is 4.48. The van der Waals surface area contributed by atoms with E-state index in [1.54, 1.807) is 19.5 Å². The van der Waals surface area contributed by atoms with Crippen molar-refractivity contribution in [3.8, 4) is 5.75 Å². The Morgan fingerprint density at radius 3 is 2.50 bits per heavy atom. The van der Waals surface area contributed by atoms with Gasteiger partial charge in [0.05, 0.1) is 30.2 Å². The number of rotatable bonds is 5. The monoisotopic (exact) mass is 402 g/mol. The van der Waals surface area contributed by atoms with E-state index >= 15 is 0 Å². The van der Waals surface area contributed by atoms with Gasteiger partial charge in [0.1, 0.15) is 5.75 Å². The number of anilines is 3. The van der Waals surface area contributed by atoms with Gasteiger partial charge in [-0.05, 0) is 25.0 Å². The van der Waals surface area contributed by atoms with Crippen LogP contribution in [0.25, 0.3) is 0 Å². The van der Waals surface area contributed by atoms with Crippen molar-refractivity contribution in [2.24, 2.45) is 0 Å². The van der Waals surface area contributed by atoms with E-state index in [9.17, 15) is 0 Å². The number of hydrogen-bond donors (Lipinski definition) is 2. The van der Waals surface area contributed by atoms with Crippen LogP contribution >= 0.6 is 11.6 Å². The molecule has 0 radical (unpaired) electrons. The van der Waals surface area contributed by atoms with E-state index in [4.69, 9.17) is 16.3 Å². The third-order valence-electron chi connectivity index (χ3n) is 5.55. The van der Waals surface area contributed by atoms with Gasteiger partial charge in [0.15, 0.2) is 0 Å². The van der Waals surface area contributed by atoms with Gasteiger partial charge in [-0.3, -0.25) is 4.90 Å². The molecule has 2 N–H and O–H groups in total. The molecule has 2 aliphatic rings. The number of ether oxygens (including phenoxy) is 1. The molecule has 0 spiro atoms. The van der Waals surface area contributed by atoms with Crippen LogP contribution in [0, 0.1) is 0 Å². The van der Waals surface area contributed by atoms with Crippen LogP contribution in [0.5, 0.6) is 5.75 Å². The summed E-state index contributed by atoms with van der Waals surface area (Å²) in [6.45, 7) is 6.72. The fourth-order valence-electron chi connectivity index (χ4n) is 4.01. The molecule has 7 nitrogen and oxygen atoms in total. The fraction of sp³-hybridized carbons (Fsp3) is 0.500.